The number of methoxy groups -OCH3 is 1. The summed E-state index contributed by atoms with van der Waals surface area (Å²) in [5.41, 5.74) is 1.55. The van der Waals surface area contributed by atoms with Crippen LogP contribution in [0.1, 0.15) is 16.7 Å². The van der Waals surface area contributed by atoms with Crippen LogP contribution in [0.4, 0.5) is 4.39 Å². The van der Waals surface area contributed by atoms with Crippen LogP contribution < -0.4 is 10.3 Å². The highest BCUT2D eigenvalue weighted by Gasteiger charge is 2.09. The molecule has 21 heavy (non-hydrogen) atoms. The number of aromatic amines is 1. The summed E-state index contributed by atoms with van der Waals surface area (Å²) in [6, 6.07) is 8.13. The number of H-pyrrole nitrogens is 1. The van der Waals surface area contributed by atoms with E-state index < -0.39 is 5.82 Å². The predicted octanol–water partition coefficient (Wildman–Crippen LogP) is 3.00. The first-order valence-electron chi connectivity index (χ1n) is 6.14. The monoisotopic (exact) mass is 304 g/mol. The van der Waals surface area contributed by atoms with E-state index in [9.17, 15) is 9.18 Å². The summed E-state index contributed by atoms with van der Waals surface area (Å²) in [4.78, 5) is 14.1. The van der Waals surface area contributed by atoms with Gasteiger partial charge in [-0.2, -0.15) is 5.26 Å². The first-order chi connectivity index (χ1) is 10.0. The Morgan fingerprint density at radius 3 is 2.81 bits per heavy atom. The van der Waals surface area contributed by atoms with Crippen LogP contribution in [0.5, 0.6) is 5.75 Å². The minimum absolute atomic E-state index is 0.186. The molecule has 108 valence electrons. The molecule has 2 rings (SSSR count). The molecule has 6 heteroatoms. The fourth-order valence-electron chi connectivity index (χ4n) is 1.86. The summed E-state index contributed by atoms with van der Waals surface area (Å²) >= 11 is 1.29. The van der Waals surface area contributed by atoms with Crippen LogP contribution in [0.15, 0.2) is 34.1 Å². The molecule has 0 aliphatic carbocycles. The standard InChI is InChI=1S/C15H13FN2O2S/c1-9-5-14(19)18-15(11(9)7-17)21-8-10-3-4-13(20-2)12(16)6-10/h3-6H,8H2,1-2H3,(H,18,19). The van der Waals surface area contributed by atoms with E-state index in [1.165, 1.54) is 31.0 Å². The second-order valence-corrected chi connectivity index (χ2v) is 5.38. The molecule has 4 nitrogen and oxygen atoms in total. The van der Waals surface area contributed by atoms with Crippen LogP contribution in [-0.2, 0) is 5.75 Å². The van der Waals surface area contributed by atoms with Crippen LogP contribution >= 0.6 is 11.8 Å². The van der Waals surface area contributed by atoms with Crippen molar-refractivity contribution in [3.8, 4) is 11.8 Å². The molecule has 0 aliphatic rings. The third-order valence-electron chi connectivity index (χ3n) is 2.92. The number of aromatic nitrogens is 1. The summed E-state index contributed by atoms with van der Waals surface area (Å²) in [5, 5.41) is 9.64. The summed E-state index contributed by atoms with van der Waals surface area (Å²) in [6.07, 6.45) is 0. The molecule has 0 bridgehead atoms. The first kappa shape index (κ1) is 15.1. The fraction of sp³-hybridized carbons (Fsp3) is 0.200. The van der Waals surface area contributed by atoms with Gasteiger partial charge in [0.25, 0.3) is 0 Å². The summed E-state index contributed by atoms with van der Waals surface area (Å²) < 4.78 is 18.5. The first-order valence-corrected chi connectivity index (χ1v) is 7.13. The van der Waals surface area contributed by atoms with Gasteiger partial charge in [-0.25, -0.2) is 4.39 Å². The average Bonchev–Trinajstić information content (AvgIpc) is 2.44. The maximum absolute atomic E-state index is 13.6. The van der Waals surface area contributed by atoms with Crippen molar-refractivity contribution in [2.45, 2.75) is 17.7 Å². The largest absolute Gasteiger partial charge is 0.494 e. The SMILES string of the molecule is COc1ccc(CSc2[nH]c(=O)cc(C)c2C#N)cc1F. The Balaban J connectivity index is 2.23. The molecule has 1 N–H and O–H groups in total. The minimum atomic E-state index is -0.436. The summed E-state index contributed by atoms with van der Waals surface area (Å²) in [5.74, 6) is 0.189. The topological polar surface area (TPSA) is 65.9 Å². The Bertz CT molecular complexity index is 765. The fourth-order valence-corrected chi connectivity index (χ4v) is 2.88. The van der Waals surface area contributed by atoms with Gasteiger partial charge in [0, 0.05) is 11.8 Å². The zero-order valence-electron chi connectivity index (χ0n) is 11.6. The molecule has 0 saturated carbocycles. The highest BCUT2D eigenvalue weighted by Crippen LogP contribution is 2.26. The number of nitrogens with one attached hydrogen (secondary N) is 1. The van der Waals surface area contributed by atoms with E-state index in [-0.39, 0.29) is 11.3 Å². The van der Waals surface area contributed by atoms with Crippen molar-refractivity contribution >= 4 is 11.8 Å². The molecule has 0 aliphatic heterocycles. The van der Waals surface area contributed by atoms with Gasteiger partial charge in [0.15, 0.2) is 11.6 Å². The van der Waals surface area contributed by atoms with Crippen LogP contribution in [-0.4, -0.2) is 12.1 Å². The third-order valence-corrected chi connectivity index (χ3v) is 3.99. The van der Waals surface area contributed by atoms with Crippen LogP contribution in [0, 0.1) is 24.1 Å². The van der Waals surface area contributed by atoms with E-state index in [4.69, 9.17) is 10.00 Å². The van der Waals surface area contributed by atoms with E-state index in [0.29, 0.717) is 21.9 Å². The number of aryl methyl sites for hydroxylation is 1. The second kappa shape index (κ2) is 6.46. The lowest BCUT2D eigenvalue weighted by Gasteiger charge is -2.07. The van der Waals surface area contributed by atoms with E-state index in [1.54, 1.807) is 19.1 Å². The van der Waals surface area contributed by atoms with Crippen molar-refractivity contribution in [2.24, 2.45) is 0 Å². The molecule has 2 aromatic rings. The van der Waals surface area contributed by atoms with Gasteiger partial charge in [0.2, 0.25) is 5.56 Å². The maximum Gasteiger partial charge on any atom is 0.249 e. The molecule has 0 atom stereocenters. The lowest BCUT2D eigenvalue weighted by molar-refractivity contribution is 0.386. The van der Waals surface area contributed by atoms with Gasteiger partial charge < -0.3 is 9.72 Å². The number of nitrogens with zero attached hydrogens (tertiary/aromatic N) is 1. The van der Waals surface area contributed by atoms with E-state index in [0.717, 1.165) is 5.56 Å². The van der Waals surface area contributed by atoms with Gasteiger partial charge in [0.1, 0.15) is 6.07 Å². The number of pyridine rings is 1. The average molecular weight is 304 g/mol. The number of hydrogen-bond acceptors (Lipinski definition) is 4. The molecular weight excluding hydrogens is 291 g/mol. The molecule has 0 radical (unpaired) electrons. The molecule has 0 saturated heterocycles. The summed E-state index contributed by atoms with van der Waals surface area (Å²) in [7, 11) is 1.41. The molecule has 1 aromatic carbocycles. The number of thioether (sulfide) groups is 1. The number of halogens is 1. The highest BCUT2D eigenvalue weighted by atomic mass is 32.2. The van der Waals surface area contributed by atoms with Gasteiger partial charge in [-0.3, -0.25) is 4.79 Å². The molecular formula is C15H13FN2O2S. The number of hydrogen-bond donors (Lipinski definition) is 1. The zero-order chi connectivity index (χ0) is 15.4. The number of ether oxygens (including phenoxy) is 1. The highest BCUT2D eigenvalue weighted by molar-refractivity contribution is 7.98. The van der Waals surface area contributed by atoms with Gasteiger partial charge in [-0.1, -0.05) is 6.07 Å². The molecule has 0 unspecified atom stereocenters. The smallest absolute Gasteiger partial charge is 0.249 e. The van der Waals surface area contributed by atoms with E-state index in [2.05, 4.69) is 11.1 Å². The van der Waals surface area contributed by atoms with Crippen molar-refractivity contribution < 1.29 is 9.13 Å². The lowest BCUT2D eigenvalue weighted by Crippen LogP contribution is -2.08. The van der Waals surface area contributed by atoms with E-state index >= 15 is 0 Å². The Morgan fingerprint density at radius 2 is 2.19 bits per heavy atom. The zero-order valence-corrected chi connectivity index (χ0v) is 12.4. The molecule has 0 fully saturated rings. The number of rotatable bonds is 4. The summed E-state index contributed by atoms with van der Waals surface area (Å²) in [6.45, 7) is 1.71. The van der Waals surface area contributed by atoms with Crippen molar-refractivity contribution in [2.75, 3.05) is 7.11 Å². The van der Waals surface area contributed by atoms with Crippen LogP contribution in [0.3, 0.4) is 0 Å². The lowest BCUT2D eigenvalue weighted by atomic mass is 10.2. The van der Waals surface area contributed by atoms with Gasteiger partial charge in [0.05, 0.1) is 17.7 Å². The molecule has 1 aromatic heterocycles. The molecule has 0 spiro atoms. The Morgan fingerprint density at radius 1 is 1.43 bits per heavy atom. The predicted molar refractivity (Wildman–Crippen MR) is 79.0 cm³/mol. The van der Waals surface area contributed by atoms with Crippen LogP contribution in [0.2, 0.25) is 0 Å². The number of benzene rings is 1. The van der Waals surface area contributed by atoms with Crippen molar-refractivity contribution in [1.82, 2.24) is 4.98 Å². The number of nitriles is 1. The Kier molecular flexibility index (Phi) is 4.66. The second-order valence-electron chi connectivity index (χ2n) is 4.39. The maximum atomic E-state index is 13.6. The van der Waals surface area contributed by atoms with E-state index in [1.807, 2.05) is 0 Å². The quantitative estimate of drug-likeness (QED) is 0.882. The third kappa shape index (κ3) is 3.44. The molecule has 1 heterocycles. The normalized spacial score (nSPS) is 10.2. The van der Waals surface area contributed by atoms with Gasteiger partial charge in [-0.15, -0.1) is 11.8 Å². The van der Waals surface area contributed by atoms with Crippen molar-refractivity contribution in [3.63, 3.8) is 0 Å². The van der Waals surface area contributed by atoms with Gasteiger partial charge in [-0.05, 0) is 30.2 Å². The van der Waals surface area contributed by atoms with Gasteiger partial charge >= 0.3 is 0 Å². The molecule has 0 amide bonds. The van der Waals surface area contributed by atoms with Crippen molar-refractivity contribution in [1.29, 1.82) is 5.26 Å². The van der Waals surface area contributed by atoms with Crippen molar-refractivity contribution in [3.05, 3.63) is 57.1 Å². The van der Waals surface area contributed by atoms with Crippen LogP contribution in [0.25, 0.3) is 0 Å². The Labute approximate surface area is 125 Å². The minimum Gasteiger partial charge on any atom is -0.494 e. The Hall–Kier alpha value is -2.26.